The number of nitrogens with one attached hydrogen (secondary N) is 1. The highest BCUT2D eigenvalue weighted by Gasteiger charge is 2.31. The van der Waals surface area contributed by atoms with Crippen molar-refractivity contribution in [1.29, 1.82) is 0 Å². The van der Waals surface area contributed by atoms with Gasteiger partial charge in [0.2, 0.25) is 11.7 Å². The number of amides is 1. The lowest BCUT2D eigenvalue weighted by Crippen LogP contribution is -2.20. The van der Waals surface area contributed by atoms with Gasteiger partial charge in [0.25, 0.3) is 5.91 Å². The van der Waals surface area contributed by atoms with Crippen molar-refractivity contribution in [2.75, 3.05) is 6.61 Å². The number of ketones is 2. The molecule has 0 fully saturated rings. The van der Waals surface area contributed by atoms with E-state index in [4.69, 9.17) is 27.9 Å². The predicted molar refractivity (Wildman–Crippen MR) is 143 cm³/mol. The number of hydrazone groups is 1. The van der Waals surface area contributed by atoms with E-state index in [0.29, 0.717) is 37.0 Å². The fourth-order valence-electron chi connectivity index (χ4n) is 3.36. The average molecular weight is 563 g/mol. The number of halogens is 2. The topological polar surface area (TPSA) is 103 Å². The SMILES string of the molecule is C/C(=N\NC(=O)c1ccc(C(=O)COc2cc(C)nn2C)s1)C1=CSC(c2ccc(Cl)c(Cl)c2)C1=O. The van der Waals surface area contributed by atoms with E-state index in [1.165, 1.54) is 11.8 Å². The van der Waals surface area contributed by atoms with E-state index in [2.05, 4.69) is 15.6 Å². The number of thioether (sulfide) groups is 1. The monoisotopic (exact) mass is 562 g/mol. The lowest BCUT2D eigenvalue weighted by molar-refractivity contribution is -0.114. The third-order valence-corrected chi connectivity index (χ3v) is 8.20. The van der Waals surface area contributed by atoms with E-state index in [9.17, 15) is 14.4 Å². The molecule has 3 heterocycles. The minimum absolute atomic E-state index is 0.137. The normalized spacial score (nSPS) is 15.7. The minimum Gasteiger partial charge on any atom is -0.469 e. The van der Waals surface area contributed by atoms with Crippen LogP contribution in [0.4, 0.5) is 0 Å². The number of hydrogen-bond donors (Lipinski definition) is 1. The summed E-state index contributed by atoms with van der Waals surface area (Å²) < 4.78 is 7.07. The molecule has 2 aromatic heterocycles. The molecule has 36 heavy (non-hydrogen) atoms. The van der Waals surface area contributed by atoms with E-state index < -0.39 is 11.2 Å². The number of Topliss-reactive ketones (excluding diaryl/α,β-unsaturated/α-hetero) is 2. The maximum absolute atomic E-state index is 12.9. The van der Waals surface area contributed by atoms with Crippen molar-refractivity contribution in [3.05, 3.63) is 78.4 Å². The van der Waals surface area contributed by atoms with Crippen molar-refractivity contribution in [2.24, 2.45) is 12.1 Å². The van der Waals surface area contributed by atoms with Crippen LogP contribution in [-0.2, 0) is 11.8 Å². The second-order valence-corrected chi connectivity index (χ2v) is 10.7. The molecule has 1 aliphatic heterocycles. The Bertz CT molecular complexity index is 1430. The summed E-state index contributed by atoms with van der Waals surface area (Å²) in [5.74, 6) is -0.400. The summed E-state index contributed by atoms with van der Waals surface area (Å²) in [6.45, 7) is 3.30. The number of aryl methyl sites for hydroxylation is 2. The molecule has 0 radical (unpaired) electrons. The molecule has 0 spiro atoms. The van der Waals surface area contributed by atoms with Crippen molar-refractivity contribution in [1.82, 2.24) is 15.2 Å². The highest BCUT2D eigenvalue weighted by molar-refractivity contribution is 8.03. The van der Waals surface area contributed by atoms with Gasteiger partial charge in [0.1, 0.15) is 0 Å². The first-order valence-corrected chi connectivity index (χ1v) is 13.1. The van der Waals surface area contributed by atoms with E-state index in [0.717, 1.165) is 22.6 Å². The lowest BCUT2D eigenvalue weighted by atomic mass is 10.0. The van der Waals surface area contributed by atoms with Crippen molar-refractivity contribution in [3.63, 3.8) is 0 Å². The number of allylic oxidation sites excluding steroid dienone is 1. The third-order valence-electron chi connectivity index (χ3n) is 5.20. The Kier molecular flexibility index (Phi) is 7.99. The van der Waals surface area contributed by atoms with Crippen LogP contribution in [-0.4, -0.2) is 39.6 Å². The molecule has 0 saturated carbocycles. The molecular formula is C24H20Cl2N4O4S2. The second kappa shape index (κ2) is 11.0. The summed E-state index contributed by atoms with van der Waals surface area (Å²) in [5, 5.41) is 10.3. The van der Waals surface area contributed by atoms with Crippen molar-refractivity contribution < 1.29 is 19.1 Å². The van der Waals surface area contributed by atoms with Crippen LogP contribution in [0.25, 0.3) is 0 Å². The van der Waals surface area contributed by atoms with Gasteiger partial charge in [-0.1, -0.05) is 29.3 Å². The number of nitrogens with zero attached hydrogens (tertiary/aromatic N) is 3. The molecule has 1 unspecified atom stereocenters. The molecule has 1 N–H and O–H groups in total. The lowest BCUT2D eigenvalue weighted by Gasteiger charge is -2.10. The Morgan fingerprint density at radius 1 is 1.17 bits per heavy atom. The molecule has 1 aromatic carbocycles. The minimum atomic E-state index is -0.485. The number of thiophene rings is 1. The molecular weight excluding hydrogens is 543 g/mol. The highest BCUT2D eigenvalue weighted by atomic mass is 35.5. The van der Waals surface area contributed by atoms with Gasteiger partial charge < -0.3 is 4.74 Å². The number of carbonyl (C=O) groups excluding carboxylic acids is 3. The quantitative estimate of drug-likeness (QED) is 0.224. The van der Waals surface area contributed by atoms with Crippen molar-refractivity contribution in [2.45, 2.75) is 19.1 Å². The summed E-state index contributed by atoms with van der Waals surface area (Å²) in [6, 6.07) is 9.92. The van der Waals surface area contributed by atoms with Crippen LogP contribution >= 0.6 is 46.3 Å². The van der Waals surface area contributed by atoms with Gasteiger partial charge >= 0.3 is 0 Å². The molecule has 0 bridgehead atoms. The number of ether oxygens (including phenoxy) is 1. The molecule has 186 valence electrons. The second-order valence-electron chi connectivity index (χ2n) is 7.85. The van der Waals surface area contributed by atoms with Crippen LogP contribution in [0.15, 0.2) is 52.5 Å². The average Bonchev–Trinajstić information content (AvgIpc) is 3.56. The maximum Gasteiger partial charge on any atom is 0.281 e. The molecule has 1 aliphatic rings. The van der Waals surface area contributed by atoms with Gasteiger partial charge in [-0.25, -0.2) is 10.1 Å². The molecule has 3 aromatic rings. The van der Waals surface area contributed by atoms with E-state index >= 15 is 0 Å². The zero-order chi connectivity index (χ0) is 26.0. The standard InChI is InChI=1S/C24H20Cl2N4O4S2/c1-12-8-21(30(3)29-12)34-10-18(31)19-6-7-20(36-19)24(33)28-27-13(2)15-11-35-23(22(15)32)14-4-5-16(25)17(26)9-14/h4-9,11,23H,10H2,1-3H3,(H,28,33)/b27-13+. The first-order valence-electron chi connectivity index (χ1n) is 10.6. The van der Waals surface area contributed by atoms with Crippen LogP contribution in [0.3, 0.4) is 0 Å². The van der Waals surface area contributed by atoms with Gasteiger partial charge in [-0.2, -0.15) is 10.2 Å². The van der Waals surface area contributed by atoms with Gasteiger partial charge in [-0.05, 0) is 49.1 Å². The Hall–Kier alpha value is -2.92. The Morgan fingerprint density at radius 2 is 1.92 bits per heavy atom. The number of benzene rings is 1. The molecule has 0 aliphatic carbocycles. The fourth-order valence-corrected chi connectivity index (χ4v) is 5.60. The molecule has 1 amide bonds. The largest absolute Gasteiger partial charge is 0.469 e. The molecule has 1 atom stereocenters. The zero-order valence-corrected chi connectivity index (χ0v) is 22.5. The van der Waals surface area contributed by atoms with Crippen LogP contribution in [0.1, 0.15) is 42.8 Å². The van der Waals surface area contributed by atoms with Gasteiger partial charge in [0.05, 0.1) is 36.5 Å². The summed E-state index contributed by atoms with van der Waals surface area (Å²) in [7, 11) is 1.73. The summed E-state index contributed by atoms with van der Waals surface area (Å²) >= 11 is 14.4. The molecule has 12 heteroatoms. The van der Waals surface area contributed by atoms with E-state index in [-0.39, 0.29) is 18.2 Å². The first kappa shape index (κ1) is 26.2. The van der Waals surface area contributed by atoms with E-state index in [1.54, 1.807) is 60.5 Å². The van der Waals surface area contributed by atoms with E-state index in [1.807, 2.05) is 6.92 Å². The number of rotatable bonds is 8. The van der Waals surface area contributed by atoms with Gasteiger partial charge in [-0.3, -0.25) is 14.4 Å². The predicted octanol–water partition coefficient (Wildman–Crippen LogP) is 5.41. The Morgan fingerprint density at radius 3 is 2.61 bits per heavy atom. The molecule has 0 saturated heterocycles. The van der Waals surface area contributed by atoms with Crippen LogP contribution in [0.5, 0.6) is 5.88 Å². The molecule has 4 rings (SSSR count). The number of hydrogen-bond acceptors (Lipinski definition) is 8. The number of carbonyl (C=O) groups is 3. The van der Waals surface area contributed by atoms with Crippen LogP contribution in [0, 0.1) is 6.92 Å². The Labute approximate surface area is 225 Å². The summed E-state index contributed by atoms with van der Waals surface area (Å²) in [4.78, 5) is 38.6. The smallest absolute Gasteiger partial charge is 0.281 e. The zero-order valence-electron chi connectivity index (χ0n) is 19.4. The summed E-state index contributed by atoms with van der Waals surface area (Å²) in [5.41, 5.74) is 4.75. The van der Waals surface area contributed by atoms with Crippen molar-refractivity contribution >= 4 is 69.5 Å². The van der Waals surface area contributed by atoms with Gasteiger partial charge in [0, 0.05) is 18.7 Å². The fraction of sp³-hybridized carbons (Fsp3) is 0.208. The van der Waals surface area contributed by atoms with Crippen LogP contribution in [0.2, 0.25) is 10.0 Å². The number of aromatic nitrogens is 2. The van der Waals surface area contributed by atoms with Gasteiger partial charge in [-0.15, -0.1) is 23.1 Å². The summed E-state index contributed by atoms with van der Waals surface area (Å²) in [6.07, 6.45) is 0. The van der Waals surface area contributed by atoms with Crippen molar-refractivity contribution in [3.8, 4) is 5.88 Å². The highest BCUT2D eigenvalue weighted by Crippen LogP contribution is 2.41. The Balaban J connectivity index is 1.35. The third kappa shape index (κ3) is 5.73. The van der Waals surface area contributed by atoms with Gasteiger partial charge in [0.15, 0.2) is 12.4 Å². The first-order chi connectivity index (χ1) is 17.1. The van der Waals surface area contributed by atoms with Crippen LogP contribution < -0.4 is 10.2 Å². The maximum atomic E-state index is 12.9. The molecule has 8 nitrogen and oxygen atoms in total.